The molecule has 0 bridgehead atoms. The molecule has 3 N–H and O–H groups in total. The molecule has 120 valence electrons. The number of benzene rings is 1. The number of urea groups is 1. The normalized spacial score (nSPS) is 15.0. The third kappa shape index (κ3) is 5.20. The number of likely N-dealkylation sites (N-methyl/N-ethyl adjacent to an activating group) is 1. The van der Waals surface area contributed by atoms with Crippen molar-refractivity contribution in [1.29, 1.82) is 0 Å². The van der Waals surface area contributed by atoms with Crippen LogP contribution >= 0.6 is 11.6 Å². The van der Waals surface area contributed by atoms with E-state index in [-0.39, 0.29) is 18.5 Å². The van der Waals surface area contributed by atoms with Crippen LogP contribution in [0.15, 0.2) is 18.2 Å². The Morgan fingerprint density at radius 3 is 2.77 bits per heavy atom. The van der Waals surface area contributed by atoms with Crippen LogP contribution in [0.4, 0.5) is 4.79 Å². The number of amides is 3. The van der Waals surface area contributed by atoms with Crippen molar-refractivity contribution in [1.82, 2.24) is 10.6 Å². The topological polar surface area (TPSA) is 71.9 Å². The number of methoxy groups -OCH3 is 1. The van der Waals surface area contributed by atoms with Gasteiger partial charge in [0.15, 0.2) is 6.54 Å². The molecule has 1 atom stereocenters. The highest BCUT2D eigenvalue weighted by Crippen LogP contribution is 2.21. The number of quaternary nitrogens is 1. The lowest BCUT2D eigenvalue weighted by molar-refractivity contribution is -0.885. The number of hydrogen-bond acceptors (Lipinski definition) is 3. The second-order valence-corrected chi connectivity index (χ2v) is 6.00. The number of ether oxygens (including phenoxy) is 1. The summed E-state index contributed by atoms with van der Waals surface area (Å²) in [6.07, 6.45) is 1.97. The van der Waals surface area contributed by atoms with Gasteiger partial charge in [-0.15, -0.1) is 0 Å². The lowest BCUT2D eigenvalue weighted by Crippen LogP contribution is -3.09. The maximum atomic E-state index is 11.8. The van der Waals surface area contributed by atoms with Crippen molar-refractivity contribution in [3.05, 3.63) is 28.8 Å². The Bertz CT molecular complexity index is 561. The molecule has 1 fully saturated rings. The van der Waals surface area contributed by atoms with Crippen LogP contribution in [0.2, 0.25) is 5.02 Å². The molecular formula is C15H21ClN3O3+. The minimum Gasteiger partial charge on any atom is -0.496 e. The monoisotopic (exact) mass is 326 g/mol. The molecule has 3 amide bonds. The maximum Gasteiger partial charge on any atom is 0.321 e. The second kappa shape index (κ2) is 7.47. The van der Waals surface area contributed by atoms with E-state index in [1.807, 2.05) is 13.1 Å². The highest BCUT2D eigenvalue weighted by molar-refractivity contribution is 6.30. The van der Waals surface area contributed by atoms with Gasteiger partial charge in [0.1, 0.15) is 12.3 Å². The van der Waals surface area contributed by atoms with Crippen molar-refractivity contribution in [2.45, 2.75) is 25.4 Å². The van der Waals surface area contributed by atoms with Crippen molar-refractivity contribution < 1.29 is 19.2 Å². The number of halogens is 1. The molecule has 1 unspecified atom stereocenters. The van der Waals surface area contributed by atoms with E-state index in [2.05, 4.69) is 10.6 Å². The van der Waals surface area contributed by atoms with Gasteiger partial charge in [-0.1, -0.05) is 11.6 Å². The van der Waals surface area contributed by atoms with Gasteiger partial charge in [-0.25, -0.2) is 4.79 Å². The lowest BCUT2D eigenvalue weighted by atomic mass is 10.2. The van der Waals surface area contributed by atoms with Gasteiger partial charge in [0, 0.05) is 16.6 Å². The van der Waals surface area contributed by atoms with Crippen molar-refractivity contribution in [2.75, 3.05) is 20.7 Å². The van der Waals surface area contributed by atoms with Gasteiger partial charge in [-0.3, -0.25) is 10.1 Å². The fourth-order valence-electron chi connectivity index (χ4n) is 2.17. The number of imide groups is 1. The second-order valence-electron chi connectivity index (χ2n) is 5.56. The van der Waals surface area contributed by atoms with E-state index in [4.69, 9.17) is 16.3 Å². The van der Waals surface area contributed by atoms with Crippen molar-refractivity contribution >= 4 is 23.5 Å². The van der Waals surface area contributed by atoms with Gasteiger partial charge in [-0.05, 0) is 31.0 Å². The predicted molar refractivity (Wildman–Crippen MR) is 83.2 cm³/mol. The van der Waals surface area contributed by atoms with Crippen LogP contribution in [-0.2, 0) is 11.3 Å². The molecule has 1 aliphatic carbocycles. The first-order valence-corrected chi connectivity index (χ1v) is 7.59. The lowest BCUT2D eigenvalue weighted by Gasteiger charge is -2.15. The minimum absolute atomic E-state index is 0.188. The number of nitrogens with one attached hydrogen (secondary N) is 3. The summed E-state index contributed by atoms with van der Waals surface area (Å²) in [4.78, 5) is 24.3. The third-order valence-electron chi connectivity index (χ3n) is 3.36. The quantitative estimate of drug-likeness (QED) is 0.706. The molecule has 7 heteroatoms. The first-order valence-electron chi connectivity index (χ1n) is 7.22. The summed E-state index contributed by atoms with van der Waals surface area (Å²) in [5.41, 5.74) is 0.919. The zero-order valence-corrected chi connectivity index (χ0v) is 13.5. The molecule has 0 aliphatic heterocycles. The van der Waals surface area contributed by atoms with Crippen LogP contribution in [-0.4, -0.2) is 38.7 Å². The molecule has 1 aliphatic rings. The Morgan fingerprint density at radius 2 is 2.14 bits per heavy atom. The fraction of sp³-hybridized carbons (Fsp3) is 0.467. The average molecular weight is 327 g/mol. The van der Waals surface area contributed by atoms with E-state index >= 15 is 0 Å². The Kier molecular flexibility index (Phi) is 5.63. The van der Waals surface area contributed by atoms with Gasteiger partial charge in [0.2, 0.25) is 0 Å². The fourth-order valence-corrected chi connectivity index (χ4v) is 2.36. The van der Waals surface area contributed by atoms with Crippen molar-refractivity contribution in [3.63, 3.8) is 0 Å². The average Bonchev–Trinajstić information content (AvgIpc) is 3.22. The molecule has 2 rings (SSSR count). The summed E-state index contributed by atoms with van der Waals surface area (Å²) in [6, 6.07) is 5.19. The molecule has 0 saturated heterocycles. The van der Waals surface area contributed by atoms with Crippen LogP contribution in [0.1, 0.15) is 18.4 Å². The first kappa shape index (κ1) is 16.6. The van der Waals surface area contributed by atoms with E-state index in [1.165, 1.54) is 0 Å². The van der Waals surface area contributed by atoms with Gasteiger partial charge < -0.3 is 15.0 Å². The van der Waals surface area contributed by atoms with E-state index in [0.29, 0.717) is 11.6 Å². The molecule has 1 aromatic rings. The number of carbonyl (C=O) groups excluding carboxylic acids is 2. The molecule has 0 spiro atoms. The Hall–Kier alpha value is -1.79. The Morgan fingerprint density at radius 1 is 1.41 bits per heavy atom. The highest BCUT2D eigenvalue weighted by atomic mass is 35.5. The Labute approximate surface area is 134 Å². The highest BCUT2D eigenvalue weighted by Gasteiger charge is 2.24. The maximum absolute atomic E-state index is 11.8. The number of hydrogen-bond donors (Lipinski definition) is 3. The molecule has 6 nitrogen and oxygen atoms in total. The Balaban J connectivity index is 1.83. The van der Waals surface area contributed by atoms with Gasteiger partial charge >= 0.3 is 6.03 Å². The summed E-state index contributed by atoms with van der Waals surface area (Å²) in [5.74, 6) is 0.423. The minimum atomic E-state index is -0.416. The zero-order valence-electron chi connectivity index (χ0n) is 12.7. The summed E-state index contributed by atoms with van der Waals surface area (Å²) in [5, 5.41) is 5.68. The summed E-state index contributed by atoms with van der Waals surface area (Å²) in [7, 11) is 3.47. The molecule has 0 radical (unpaired) electrons. The van der Waals surface area contributed by atoms with Gasteiger partial charge in [-0.2, -0.15) is 0 Å². The van der Waals surface area contributed by atoms with Gasteiger partial charge in [0.25, 0.3) is 5.91 Å². The van der Waals surface area contributed by atoms with Crippen LogP contribution in [0.3, 0.4) is 0 Å². The smallest absolute Gasteiger partial charge is 0.321 e. The molecule has 0 aromatic heterocycles. The SMILES string of the molecule is COc1ccc(Cl)cc1C[NH+](C)CC(=O)NC(=O)NC1CC1. The molecular weight excluding hydrogens is 306 g/mol. The summed E-state index contributed by atoms with van der Waals surface area (Å²) >= 11 is 5.99. The van der Waals surface area contributed by atoms with Crippen LogP contribution in [0.25, 0.3) is 0 Å². The van der Waals surface area contributed by atoms with Gasteiger partial charge in [0.05, 0.1) is 14.2 Å². The molecule has 1 aromatic carbocycles. The first-order chi connectivity index (χ1) is 10.5. The van der Waals surface area contributed by atoms with Crippen molar-refractivity contribution in [3.8, 4) is 5.75 Å². The van der Waals surface area contributed by atoms with Crippen LogP contribution < -0.4 is 20.3 Å². The standard InChI is InChI=1S/C15H20ClN3O3/c1-19(8-10-7-11(16)3-6-13(10)22-2)9-14(20)18-15(21)17-12-4-5-12/h3,6-7,12H,4-5,8-9H2,1-2H3,(H2,17,18,20,21)/p+1. The zero-order chi connectivity index (χ0) is 16.1. The van der Waals surface area contributed by atoms with E-state index in [1.54, 1.807) is 19.2 Å². The molecule has 1 saturated carbocycles. The summed E-state index contributed by atoms with van der Waals surface area (Å²) in [6.45, 7) is 0.759. The third-order valence-corrected chi connectivity index (χ3v) is 3.60. The summed E-state index contributed by atoms with van der Waals surface area (Å²) < 4.78 is 5.28. The predicted octanol–water partition coefficient (Wildman–Crippen LogP) is 0.352. The molecule has 22 heavy (non-hydrogen) atoms. The molecule has 0 heterocycles. The van der Waals surface area contributed by atoms with Crippen LogP contribution in [0.5, 0.6) is 5.75 Å². The largest absolute Gasteiger partial charge is 0.496 e. The number of carbonyl (C=O) groups is 2. The van der Waals surface area contributed by atoms with Crippen molar-refractivity contribution in [2.24, 2.45) is 0 Å². The number of rotatable bonds is 6. The van der Waals surface area contributed by atoms with Crippen LogP contribution in [0, 0.1) is 0 Å². The van der Waals surface area contributed by atoms with E-state index < -0.39 is 6.03 Å². The van der Waals surface area contributed by atoms with E-state index in [9.17, 15) is 9.59 Å². The van der Waals surface area contributed by atoms with E-state index in [0.717, 1.165) is 29.1 Å².